The molecule has 0 saturated carbocycles. The van der Waals surface area contributed by atoms with Gasteiger partial charge in [0.2, 0.25) is 0 Å². The first-order valence-corrected chi connectivity index (χ1v) is 4.66. The van der Waals surface area contributed by atoms with E-state index in [0.717, 1.165) is 20.9 Å². The summed E-state index contributed by atoms with van der Waals surface area (Å²) >= 11 is 3.40. The van der Waals surface area contributed by atoms with Gasteiger partial charge in [-0.25, -0.2) is 0 Å². The highest BCUT2D eigenvalue weighted by Gasteiger charge is 2.05. The van der Waals surface area contributed by atoms with E-state index in [1.54, 1.807) is 0 Å². The monoisotopic (exact) mass is 234 g/mol. The molecule has 0 aliphatic heterocycles. The van der Waals surface area contributed by atoms with Crippen molar-refractivity contribution in [3.63, 3.8) is 0 Å². The number of nitrogens with zero attached hydrogens (tertiary/aromatic N) is 2. The van der Waals surface area contributed by atoms with Crippen molar-refractivity contribution < 1.29 is 0 Å². The zero-order valence-corrected chi connectivity index (χ0v) is 8.67. The highest BCUT2D eigenvalue weighted by Crippen LogP contribution is 2.23. The summed E-state index contributed by atoms with van der Waals surface area (Å²) in [4.78, 5) is 0. The Labute approximate surface area is 84.5 Å². The van der Waals surface area contributed by atoms with Gasteiger partial charge in [0.15, 0.2) is 0 Å². The lowest BCUT2D eigenvalue weighted by Gasteiger charge is -1.95. The van der Waals surface area contributed by atoms with E-state index in [-0.39, 0.29) is 0 Å². The van der Waals surface area contributed by atoms with Crippen LogP contribution in [0.3, 0.4) is 0 Å². The topological polar surface area (TPSA) is 28.7 Å². The third-order valence-corrected chi connectivity index (χ3v) is 2.57. The maximum absolute atomic E-state index is 8.84. The van der Waals surface area contributed by atoms with Crippen LogP contribution >= 0.6 is 15.9 Å². The van der Waals surface area contributed by atoms with E-state index in [1.165, 1.54) is 0 Å². The van der Waals surface area contributed by atoms with E-state index in [4.69, 9.17) is 5.26 Å². The van der Waals surface area contributed by atoms with Crippen molar-refractivity contribution in [1.82, 2.24) is 4.57 Å². The lowest BCUT2D eigenvalue weighted by molar-refractivity contribution is 0.967. The molecule has 2 nitrogen and oxygen atoms in total. The Morgan fingerprint density at radius 2 is 2.23 bits per heavy atom. The average molecular weight is 235 g/mol. The van der Waals surface area contributed by atoms with Gasteiger partial charge in [-0.3, -0.25) is 0 Å². The van der Waals surface area contributed by atoms with Crippen molar-refractivity contribution >= 4 is 26.8 Å². The van der Waals surface area contributed by atoms with Crippen LogP contribution < -0.4 is 0 Å². The van der Waals surface area contributed by atoms with Gasteiger partial charge in [0.1, 0.15) is 6.07 Å². The highest BCUT2D eigenvalue weighted by molar-refractivity contribution is 9.10. The van der Waals surface area contributed by atoms with E-state index in [9.17, 15) is 0 Å². The molecule has 64 valence electrons. The Bertz CT molecular complexity index is 505. The fraction of sp³-hybridized carbons (Fsp3) is 0.100. The third-order valence-electron chi connectivity index (χ3n) is 2.07. The van der Waals surface area contributed by atoms with Crippen LogP contribution in [0.4, 0.5) is 0 Å². The Hall–Kier alpha value is -1.27. The molecule has 0 atom stereocenters. The van der Waals surface area contributed by atoms with Crippen molar-refractivity contribution in [2.24, 2.45) is 7.05 Å². The number of hydrogen-bond acceptors (Lipinski definition) is 1. The second-order valence-corrected chi connectivity index (χ2v) is 3.84. The molecule has 0 radical (unpaired) electrons. The Morgan fingerprint density at radius 1 is 1.46 bits per heavy atom. The third kappa shape index (κ3) is 1.24. The molecule has 0 saturated heterocycles. The van der Waals surface area contributed by atoms with Crippen molar-refractivity contribution in [3.05, 3.63) is 34.4 Å². The molecule has 3 heteroatoms. The van der Waals surface area contributed by atoms with Crippen LogP contribution in [0, 0.1) is 11.3 Å². The minimum Gasteiger partial charge on any atom is -0.349 e. The Balaban J connectivity index is 2.90. The summed E-state index contributed by atoms with van der Waals surface area (Å²) < 4.78 is 2.99. The molecule has 0 N–H and O–H groups in total. The zero-order chi connectivity index (χ0) is 9.42. The molecule has 1 heterocycles. The van der Waals surface area contributed by atoms with Gasteiger partial charge in [-0.05, 0) is 12.1 Å². The number of aryl methyl sites for hydroxylation is 1. The summed E-state index contributed by atoms with van der Waals surface area (Å²) in [6, 6.07) is 8.09. The Kier molecular flexibility index (Phi) is 1.86. The van der Waals surface area contributed by atoms with Gasteiger partial charge in [0.25, 0.3) is 0 Å². The van der Waals surface area contributed by atoms with E-state index in [2.05, 4.69) is 22.0 Å². The van der Waals surface area contributed by atoms with Gasteiger partial charge in [0.05, 0.1) is 11.1 Å². The standard InChI is InChI=1S/C10H7BrN2/c1-13-6-7(5-12)9-3-2-8(11)4-10(9)13/h2-4,6H,1H3. The quantitative estimate of drug-likeness (QED) is 0.690. The van der Waals surface area contributed by atoms with Gasteiger partial charge in [0, 0.05) is 23.1 Å². The first-order chi connectivity index (χ1) is 6.22. The normalized spacial score (nSPS) is 10.2. The summed E-state index contributed by atoms with van der Waals surface area (Å²) in [6.45, 7) is 0. The Morgan fingerprint density at radius 3 is 2.92 bits per heavy atom. The number of fused-ring (bicyclic) bond motifs is 1. The molecule has 2 rings (SSSR count). The second-order valence-electron chi connectivity index (χ2n) is 2.93. The molecule has 0 unspecified atom stereocenters. The van der Waals surface area contributed by atoms with E-state index < -0.39 is 0 Å². The first kappa shape index (κ1) is 8.33. The number of hydrogen-bond donors (Lipinski definition) is 0. The fourth-order valence-electron chi connectivity index (χ4n) is 1.45. The smallest absolute Gasteiger partial charge is 0.101 e. The van der Waals surface area contributed by atoms with Crippen LogP contribution in [0.15, 0.2) is 28.9 Å². The van der Waals surface area contributed by atoms with Crippen molar-refractivity contribution in [2.45, 2.75) is 0 Å². The van der Waals surface area contributed by atoms with Crippen LogP contribution in [-0.2, 0) is 7.05 Å². The molecule has 0 spiro atoms. The number of halogens is 1. The molecule has 0 aliphatic carbocycles. The number of aromatic nitrogens is 1. The summed E-state index contributed by atoms with van der Waals surface area (Å²) in [7, 11) is 1.94. The summed E-state index contributed by atoms with van der Waals surface area (Å²) in [5, 5.41) is 9.85. The molecule has 13 heavy (non-hydrogen) atoms. The van der Waals surface area contributed by atoms with Gasteiger partial charge in [-0.2, -0.15) is 5.26 Å². The maximum Gasteiger partial charge on any atom is 0.101 e. The van der Waals surface area contributed by atoms with Crippen molar-refractivity contribution in [2.75, 3.05) is 0 Å². The minimum absolute atomic E-state index is 0.727. The largest absolute Gasteiger partial charge is 0.349 e. The second kappa shape index (κ2) is 2.90. The molecule has 0 amide bonds. The highest BCUT2D eigenvalue weighted by atomic mass is 79.9. The maximum atomic E-state index is 8.84. The molecule has 0 aliphatic rings. The lowest BCUT2D eigenvalue weighted by Crippen LogP contribution is -1.82. The van der Waals surface area contributed by atoms with Gasteiger partial charge < -0.3 is 4.57 Å². The van der Waals surface area contributed by atoms with Crippen LogP contribution in [0.5, 0.6) is 0 Å². The number of rotatable bonds is 0. The van der Waals surface area contributed by atoms with Gasteiger partial charge >= 0.3 is 0 Å². The summed E-state index contributed by atoms with van der Waals surface area (Å²) in [5.41, 5.74) is 1.80. The minimum atomic E-state index is 0.727. The van der Waals surface area contributed by atoms with Crippen LogP contribution in [0.2, 0.25) is 0 Å². The van der Waals surface area contributed by atoms with E-state index >= 15 is 0 Å². The lowest BCUT2D eigenvalue weighted by atomic mass is 10.2. The molecule has 2 aromatic rings. The summed E-state index contributed by atoms with van der Waals surface area (Å²) in [6.07, 6.45) is 1.84. The molecular weight excluding hydrogens is 228 g/mol. The number of nitriles is 1. The van der Waals surface area contributed by atoms with Crippen LogP contribution in [0.25, 0.3) is 10.9 Å². The molecule has 1 aromatic carbocycles. The van der Waals surface area contributed by atoms with Crippen LogP contribution in [0.1, 0.15) is 5.56 Å². The molecular formula is C10H7BrN2. The van der Waals surface area contributed by atoms with Crippen molar-refractivity contribution in [3.8, 4) is 6.07 Å². The molecule has 0 fully saturated rings. The van der Waals surface area contributed by atoms with E-state index in [0.29, 0.717) is 0 Å². The SMILES string of the molecule is Cn1cc(C#N)c2ccc(Br)cc21. The van der Waals surface area contributed by atoms with Crippen molar-refractivity contribution in [1.29, 1.82) is 5.26 Å². The van der Waals surface area contributed by atoms with Gasteiger partial charge in [-0.1, -0.05) is 22.0 Å². The molecule has 1 aromatic heterocycles. The van der Waals surface area contributed by atoms with Crippen LogP contribution in [-0.4, -0.2) is 4.57 Å². The van der Waals surface area contributed by atoms with E-state index in [1.807, 2.05) is 36.0 Å². The first-order valence-electron chi connectivity index (χ1n) is 3.87. The summed E-state index contributed by atoms with van der Waals surface area (Å²) in [5.74, 6) is 0. The predicted octanol–water partition coefficient (Wildman–Crippen LogP) is 2.81. The molecule has 0 bridgehead atoms. The zero-order valence-electron chi connectivity index (χ0n) is 7.08. The van der Waals surface area contributed by atoms with Gasteiger partial charge in [-0.15, -0.1) is 0 Å². The average Bonchev–Trinajstić information content (AvgIpc) is 2.43. The predicted molar refractivity (Wildman–Crippen MR) is 55.3 cm³/mol. The fourth-order valence-corrected chi connectivity index (χ4v) is 1.80. The number of benzene rings is 1.